The van der Waals surface area contributed by atoms with Crippen molar-refractivity contribution in [2.24, 2.45) is 0 Å². The Morgan fingerprint density at radius 2 is 2.10 bits per heavy atom. The summed E-state index contributed by atoms with van der Waals surface area (Å²) in [6.07, 6.45) is 3.07. The van der Waals surface area contributed by atoms with Crippen LogP contribution in [0.3, 0.4) is 0 Å². The summed E-state index contributed by atoms with van der Waals surface area (Å²) in [5, 5.41) is 1.06. The third kappa shape index (κ3) is 2.86. The van der Waals surface area contributed by atoms with Gasteiger partial charge in [-0.15, -0.1) is 0 Å². The normalized spacial score (nSPS) is 18.8. The molecule has 5 nitrogen and oxygen atoms in total. The molecule has 1 aliphatic carbocycles. The molecule has 1 saturated carbocycles. The van der Waals surface area contributed by atoms with Gasteiger partial charge in [0.2, 0.25) is 0 Å². The maximum Gasteiger partial charge on any atom is 0.141 e. The number of anilines is 1. The first-order chi connectivity index (χ1) is 14.0. The van der Waals surface area contributed by atoms with Crippen molar-refractivity contribution in [2.75, 3.05) is 12.8 Å². The van der Waals surface area contributed by atoms with E-state index in [1.165, 1.54) is 13.2 Å². The lowest BCUT2D eigenvalue weighted by Crippen LogP contribution is -2.25. The highest BCUT2D eigenvalue weighted by Gasteiger charge is 2.42. The molecule has 2 heterocycles. The number of aromatic nitrogens is 1. The van der Waals surface area contributed by atoms with Crippen molar-refractivity contribution in [3.8, 4) is 16.9 Å². The molecule has 2 aromatic carbocycles. The molecule has 0 spiro atoms. The Morgan fingerprint density at radius 3 is 2.79 bits per heavy atom. The number of nitrogens with two attached hydrogens (primary N) is 1. The molecule has 1 aromatic heterocycles. The van der Waals surface area contributed by atoms with E-state index in [2.05, 4.69) is 4.90 Å². The number of ether oxygens (including phenoxy) is 1. The molecule has 29 heavy (non-hydrogen) atoms. The largest absolute Gasteiger partial charge is 0.497 e. The average molecular weight is 412 g/mol. The van der Waals surface area contributed by atoms with Crippen LogP contribution in [-0.2, 0) is 11.3 Å². The van der Waals surface area contributed by atoms with Gasteiger partial charge in [0.25, 0.3) is 0 Å². The highest BCUT2D eigenvalue weighted by Crippen LogP contribution is 2.46. The second-order valence-electron chi connectivity index (χ2n) is 7.57. The number of nitrogens with zero attached hydrogens (tertiary/aromatic N) is 2. The predicted octanol–water partition coefficient (Wildman–Crippen LogP) is 4.50. The first kappa shape index (κ1) is 18.3. The zero-order valence-corrected chi connectivity index (χ0v) is 16.5. The highest BCUT2D eigenvalue weighted by atomic mass is 35.5. The van der Waals surface area contributed by atoms with Crippen molar-refractivity contribution in [3.63, 3.8) is 0 Å². The third-order valence-electron chi connectivity index (χ3n) is 5.79. The molecule has 1 unspecified atom stereocenters. The van der Waals surface area contributed by atoms with E-state index in [4.69, 9.17) is 27.1 Å². The van der Waals surface area contributed by atoms with E-state index in [0.717, 1.165) is 30.4 Å². The standard InChI is InChI=1S/C22H19ClFN3O2/c1-29-14-7-11(6-12(23)8-14)19-16(24)5-4-15-21(25)20-17(26-22(15)19)9-27(13-2-3-13)18(20)10-28/h4-8,10,13,18H,2-3,9H2,1H3,(H2,25,26). The molecule has 1 atom stereocenters. The summed E-state index contributed by atoms with van der Waals surface area (Å²) in [7, 11) is 1.53. The first-order valence-electron chi connectivity index (χ1n) is 9.48. The van der Waals surface area contributed by atoms with Gasteiger partial charge in [0.15, 0.2) is 0 Å². The predicted molar refractivity (Wildman–Crippen MR) is 110 cm³/mol. The average Bonchev–Trinajstić information content (AvgIpc) is 3.48. The van der Waals surface area contributed by atoms with Crippen molar-refractivity contribution >= 4 is 34.5 Å². The molecule has 2 aliphatic rings. The van der Waals surface area contributed by atoms with Crippen molar-refractivity contribution in [2.45, 2.75) is 31.5 Å². The summed E-state index contributed by atoms with van der Waals surface area (Å²) < 4.78 is 20.3. The number of hydrogen-bond acceptors (Lipinski definition) is 5. The van der Waals surface area contributed by atoms with Crippen LogP contribution in [0.2, 0.25) is 5.02 Å². The van der Waals surface area contributed by atoms with Gasteiger partial charge in [-0.1, -0.05) is 11.6 Å². The number of halogens is 2. The smallest absolute Gasteiger partial charge is 0.141 e. The third-order valence-corrected chi connectivity index (χ3v) is 6.01. The zero-order valence-electron chi connectivity index (χ0n) is 15.8. The van der Waals surface area contributed by atoms with Crippen LogP contribution in [0.5, 0.6) is 5.75 Å². The molecule has 1 fully saturated rings. The first-order valence-corrected chi connectivity index (χ1v) is 9.86. The number of fused-ring (bicyclic) bond motifs is 2. The fourth-order valence-electron chi connectivity index (χ4n) is 4.29. The molecule has 5 rings (SSSR count). The molecule has 0 radical (unpaired) electrons. The number of pyridine rings is 1. The molecular weight excluding hydrogens is 393 g/mol. The van der Waals surface area contributed by atoms with Crippen molar-refractivity contribution in [3.05, 3.63) is 52.4 Å². The SMILES string of the molecule is COc1cc(Cl)cc(-c2c(F)ccc3c(N)c4c(nc23)CN(C2CC2)C4C=O)c1. The molecule has 3 aromatic rings. The van der Waals surface area contributed by atoms with Gasteiger partial charge in [0.05, 0.1) is 24.4 Å². The van der Waals surface area contributed by atoms with Gasteiger partial charge < -0.3 is 15.3 Å². The van der Waals surface area contributed by atoms with E-state index in [9.17, 15) is 9.18 Å². The van der Waals surface area contributed by atoms with E-state index in [1.54, 1.807) is 24.3 Å². The number of hydrogen-bond donors (Lipinski definition) is 1. The lowest BCUT2D eigenvalue weighted by Gasteiger charge is -2.20. The van der Waals surface area contributed by atoms with Crippen molar-refractivity contribution in [1.29, 1.82) is 0 Å². The Hall–Kier alpha value is -2.70. The van der Waals surface area contributed by atoms with Crippen LogP contribution in [0.25, 0.3) is 22.0 Å². The van der Waals surface area contributed by atoms with Crippen LogP contribution in [0.4, 0.5) is 10.1 Å². The number of rotatable bonds is 4. The van der Waals surface area contributed by atoms with Crippen LogP contribution in [0, 0.1) is 5.82 Å². The second kappa shape index (κ2) is 6.68. The van der Waals surface area contributed by atoms with Gasteiger partial charge in [0, 0.05) is 39.8 Å². The Morgan fingerprint density at radius 1 is 1.31 bits per heavy atom. The van der Waals surface area contributed by atoms with Crippen LogP contribution in [0.1, 0.15) is 30.1 Å². The molecule has 0 amide bonds. The summed E-state index contributed by atoms with van der Waals surface area (Å²) in [5.74, 6) is 0.108. The summed E-state index contributed by atoms with van der Waals surface area (Å²) in [4.78, 5) is 18.8. The number of benzene rings is 2. The van der Waals surface area contributed by atoms with Crippen LogP contribution in [-0.4, -0.2) is 29.3 Å². The summed E-state index contributed by atoms with van der Waals surface area (Å²) in [5.41, 5.74) is 9.83. The van der Waals surface area contributed by atoms with Crippen molar-refractivity contribution in [1.82, 2.24) is 9.88 Å². The minimum absolute atomic E-state index is 0.324. The molecule has 2 N–H and O–H groups in total. The van der Waals surface area contributed by atoms with E-state index in [1.807, 2.05) is 0 Å². The lowest BCUT2D eigenvalue weighted by atomic mass is 9.97. The Balaban J connectivity index is 1.77. The van der Waals surface area contributed by atoms with Crippen LogP contribution >= 0.6 is 11.6 Å². The topological polar surface area (TPSA) is 68.5 Å². The molecule has 1 aliphatic heterocycles. The molecule has 0 bridgehead atoms. The number of carbonyl (C=O) groups is 1. The number of aldehydes is 1. The number of methoxy groups -OCH3 is 1. The fraction of sp³-hybridized carbons (Fsp3) is 0.273. The monoisotopic (exact) mass is 411 g/mol. The van der Waals surface area contributed by atoms with Gasteiger partial charge in [-0.2, -0.15) is 0 Å². The number of nitrogen functional groups attached to an aromatic ring is 1. The zero-order chi connectivity index (χ0) is 20.3. The van der Waals surface area contributed by atoms with Gasteiger partial charge in [0.1, 0.15) is 17.9 Å². The molecule has 148 valence electrons. The number of carbonyl (C=O) groups excluding carboxylic acids is 1. The van der Waals surface area contributed by atoms with Crippen LogP contribution in [0.15, 0.2) is 30.3 Å². The Bertz CT molecular complexity index is 1160. The summed E-state index contributed by atoms with van der Waals surface area (Å²) in [6.45, 7) is 0.540. The van der Waals surface area contributed by atoms with Crippen molar-refractivity contribution < 1.29 is 13.9 Å². The fourth-order valence-corrected chi connectivity index (χ4v) is 4.52. The quantitative estimate of drug-likeness (QED) is 0.640. The maximum atomic E-state index is 15.0. The van der Waals surface area contributed by atoms with Gasteiger partial charge in [-0.05, 0) is 48.7 Å². The Labute approximate surface area is 172 Å². The molecule has 0 saturated heterocycles. The minimum atomic E-state index is -0.419. The van der Waals surface area contributed by atoms with E-state index < -0.39 is 11.9 Å². The van der Waals surface area contributed by atoms with Gasteiger partial charge >= 0.3 is 0 Å². The van der Waals surface area contributed by atoms with E-state index in [0.29, 0.717) is 51.1 Å². The van der Waals surface area contributed by atoms with Gasteiger partial charge in [-0.3, -0.25) is 9.88 Å². The highest BCUT2D eigenvalue weighted by molar-refractivity contribution is 6.31. The second-order valence-corrected chi connectivity index (χ2v) is 8.00. The van der Waals surface area contributed by atoms with E-state index in [-0.39, 0.29) is 0 Å². The van der Waals surface area contributed by atoms with Crippen LogP contribution < -0.4 is 10.5 Å². The van der Waals surface area contributed by atoms with E-state index >= 15 is 0 Å². The minimum Gasteiger partial charge on any atom is -0.497 e. The molecular formula is C22H19ClFN3O2. The lowest BCUT2D eigenvalue weighted by molar-refractivity contribution is -0.112. The molecule has 7 heteroatoms. The summed E-state index contributed by atoms with van der Waals surface area (Å²) in [6, 6.07) is 8.05. The maximum absolute atomic E-state index is 15.0. The summed E-state index contributed by atoms with van der Waals surface area (Å²) >= 11 is 6.21. The Kier molecular flexibility index (Phi) is 4.22. The van der Waals surface area contributed by atoms with Gasteiger partial charge in [-0.25, -0.2) is 4.39 Å².